The summed E-state index contributed by atoms with van der Waals surface area (Å²) in [5.74, 6) is 0.678. The lowest BCUT2D eigenvalue weighted by atomic mass is 10.0. The van der Waals surface area contributed by atoms with Gasteiger partial charge in [-0.25, -0.2) is 0 Å². The third-order valence-corrected chi connectivity index (χ3v) is 2.79. The summed E-state index contributed by atoms with van der Waals surface area (Å²) in [5.41, 5.74) is 0. The van der Waals surface area contributed by atoms with E-state index >= 15 is 0 Å². The molecule has 2 aliphatic rings. The fraction of sp³-hybridized carbons (Fsp3) is 0.778. The van der Waals surface area contributed by atoms with E-state index in [0.717, 1.165) is 0 Å². The van der Waals surface area contributed by atoms with Crippen LogP contribution in [0.1, 0.15) is 26.7 Å². The summed E-state index contributed by atoms with van der Waals surface area (Å²) in [7, 11) is 0. The van der Waals surface area contributed by atoms with Gasteiger partial charge in [0.2, 0.25) is 5.91 Å². The van der Waals surface area contributed by atoms with Crippen molar-refractivity contribution in [2.24, 2.45) is 5.92 Å². The Bertz CT molecular complexity index is 247. The summed E-state index contributed by atoms with van der Waals surface area (Å²) in [6.45, 7) is 3.99. The lowest BCUT2D eigenvalue weighted by molar-refractivity contribution is -0.148. The molecule has 0 N–H and O–H groups in total. The molecule has 0 unspecified atom stereocenters. The normalized spacial score (nSPS) is 34.1. The van der Waals surface area contributed by atoms with Gasteiger partial charge in [0.05, 0.1) is 6.04 Å². The zero-order valence-electron chi connectivity index (χ0n) is 7.41. The van der Waals surface area contributed by atoms with Gasteiger partial charge in [-0.3, -0.25) is 9.59 Å². The zero-order chi connectivity index (χ0) is 8.88. The van der Waals surface area contributed by atoms with Crippen molar-refractivity contribution in [2.45, 2.75) is 38.8 Å². The number of hydrogen-bond donors (Lipinski definition) is 0. The summed E-state index contributed by atoms with van der Waals surface area (Å²) in [4.78, 5) is 24.3. The van der Waals surface area contributed by atoms with E-state index in [4.69, 9.17) is 0 Å². The maximum absolute atomic E-state index is 11.4. The van der Waals surface area contributed by atoms with Gasteiger partial charge in [0.25, 0.3) is 0 Å². The number of nitrogens with zero attached hydrogens (tertiary/aromatic N) is 1. The number of amides is 1. The third kappa shape index (κ3) is 0.822. The molecule has 1 amide bonds. The Morgan fingerprint density at radius 2 is 2.00 bits per heavy atom. The molecule has 0 radical (unpaired) electrons. The van der Waals surface area contributed by atoms with Crippen molar-refractivity contribution in [3.05, 3.63) is 0 Å². The van der Waals surface area contributed by atoms with Crippen LogP contribution in [-0.2, 0) is 9.59 Å². The molecule has 2 heterocycles. The minimum absolute atomic E-state index is 0.115. The van der Waals surface area contributed by atoms with Gasteiger partial charge in [-0.2, -0.15) is 0 Å². The number of Topliss-reactive ketones (excluding diaryl/α,β-unsaturated/α-hetero) is 1. The second-order valence-electron chi connectivity index (χ2n) is 4.02. The first-order chi connectivity index (χ1) is 5.61. The molecule has 2 fully saturated rings. The number of β-lactam (4-membered cyclic amide) rings is 1. The highest BCUT2D eigenvalue weighted by molar-refractivity contribution is 5.98. The molecule has 12 heavy (non-hydrogen) atoms. The Kier molecular flexibility index (Phi) is 1.50. The van der Waals surface area contributed by atoms with Crippen LogP contribution in [0.15, 0.2) is 0 Å². The zero-order valence-corrected chi connectivity index (χ0v) is 7.41. The minimum Gasteiger partial charge on any atom is -0.328 e. The number of carbonyl (C=O) groups excluding carboxylic acids is 2. The van der Waals surface area contributed by atoms with E-state index in [2.05, 4.69) is 0 Å². The van der Waals surface area contributed by atoms with Gasteiger partial charge in [0.15, 0.2) is 5.78 Å². The highest BCUT2D eigenvalue weighted by Gasteiger charge is 2.51. The predicted molar refractivity (Wildman–Crippen MR) is 43.5 cm³/mol. The molecule has 0 aromatic heterocycles. The molecule has 2 atom stereocenters. The van der Waals surface area contributed by atoms with Crippen LogP contribution in [-0.4, -0.2) is 28.7 Å². The van der Waals surface area contributed by atoms with E-state index in [1.54, 1.807) is 4.90 Å². The topological polar surface area (TPSA) is 37.4 Å². The Hall–Kier alpha value is -0.860. The molecular formula is C9H13NO2. The molecule has 0 spiro atoms. The van der Waals surface area contributed by atoms with Crippen LogP contribution < -0.4 is 0 Å². The van der Waals surface area contributed by atoms with Crippen LogP contribution >= 0.6 is 0 Å². The number of fused-ring (bicyclic) bond motifs is 1. The lowest BCUT2D eigenvalue weighted by Crippen LogP contribution is -2.54. The van der Waals surface area contributed by atoms with Crippen molar-refractivity contribution in [2.75, 3.05) is 0 Å². The first-order valence-corrected chi connectivity index (χ1v) is 4.45. The van der Waals surface area contributed by atoms with E-state index in [9.17, 15) is 9.59 Å². The smallest absolute Gasteiger partial charge is 0.225 e. The molecule has 0 saturated carbocycles. The van der Waals surface area contributed by atoms with Crippen molar-refractivity contribution in [1.82, 2.24) is 4.90 Å². The minimum atomic E-state index is -0.115. The SMILES string of the molecule is CC(C)[C@@H]1C(=O)C[C@H]2CC(=O)N21. The van der Waals surface area contributed by atoms with Crippen LogP contribution in [0.2, 0.25) is 0 Å². The van der Waals surface area contributed by atoms with Gasteiger partial charge in [-0.15, -0.1) is 0 Å². The molecule has 66 valence electrons. The first-order valence-electron chi connectivity index (χ1n) is 4.45. The van der Waals surface area contributed by atoms with Crippen LogP contribution in [0, 0.1) is 5.92 Å². The highest BCUT2D eigenvalue weighted by atomic mass is 16.2. The average molecular weight is 167 g/mol. The summed E-state index contributed by atoms with van der Waals surface area (Å²) >= 11 is 0. The number of rotatable bonds is 1. The second-order valence-corrected chi connectivity index (χ2v) is 4.02. The van der Waals surface area contributed by atoms with Gasteiger partial charge in [-0.1, -0.05) is 13.8 Å². The summed E-state index contributed by atoms with van der Waals surface area (Å²) < 4.78 is 0. The predicted octanol–water partition coefficient (Wildman–Crippen LogP) is 0.585. The molecule has 2 saturated heterocycles. The van der Waals surface area contributed by atoms with Crippen molar-refractivity contribution in [3.63, 3.8) is 0 Å². The Labute approximate surface area is 71.7 Å². The maximum atomic E-state index is 11.4. The molecule has 0 aliphatic carbocycles. The quantitative estimate of drug-likeness (QED) is 0.536. The molecule has 0 aromatic rings. The van der Waals surface area contributed by atoms with Crippen molar-refractivity contribution < 1.29 is 9.59 Å². The largest absolute Gasteiger partial charge is 0.328 e. The van der Waals surface area contributed by atoms with E-state index < -0.39 is 0 Å². The molecule has 3 nitrogen and oxygen atoms in total. The maximum Gasteiger partial charge on any atom is 0.225 e. The van der Waals surface area contributed by atoms with E-state index in [0.29, 0.717) is 12.8 Å². The number of ketones is 1. The van der Waals surface area contributed by atoms with Crippen LogP contribution in [0.5, 0.6) is 0 Å². The van der Waals surface area contributed by atoms with E-state index in [1.807, 2.05) is 13.8 Å². The summed E-state index contributed by atoms with van der Waals surface area (Å²) in [6.07, 6.45) is 1.18. The van der Waals surface area contributed by atoms with Gasteiger partial charge < -0.3 is 4.90 Å². The van der Waals surface area contributed by atoms with Gasteiger partial charge in [0.1, 0.15) is 0 Å². The lowest BCUT2D eigenvalue weighted by Gasteiger charge is -2.39. The summed E-state index contributed by atoms with van der Waals surface area (Å²) in [5, 5.41) is 0. The average Bonchev–Trinajstić information content (AvgIpc) is 2.22. The van der Waals surface area contributed by atoms with Crippen LogP contribution in [0.25, 0.3) is 0 Å². The van der Waals surface area contributed by atoms with Gasteiger partial charge >= 0.3 is 0 Å². The molecule has 0 bridgehead atoms. The monoisotopic (exact) mass is 167 g/mol. The molecule has 3 heteroatoms. The molecule has 2 rings (SSSR count). The van der Waals surface area contributed by atoms with Gasteiger partial charge in [-0.05, 0) is 5.92 Å². The van der Waals surface area contributed by atoms with Crippen molar-refractivity contribution in [1.29, 1.82) is 0 Å². The van der Waals surface area contributed by atoms with Crippen molar-refractivity contribution >= 4 is 11.7 Å². The highest BCUT2D eigenvalue weighted by Crippen LogP contribution is 2.35. The van der Waals surface area contributed by atoms with Crippen molar-refractivity contribution in [3.8, 4) is 0 Å². The fourth-order valence-electron chi connectivity index (χ4n) is 2.25. The second kappa shape index (κ2) is 2.31. The van der Waals surface area contributed by atoms with E-state index in [-0.39, 0.29) is 29.7 Å². The summed E-state index contributed by atoms with van der Waals surface area (Å²) in [6, 6.07) is 0.133. The van der Waals surface area contributed by atoms with Crippen LogP contribution in [0.3, 0.4) is 0 Å². The standard InChI is InChI=1S/C9H13NO2/c1-5(2)9-7(11)3-6-4-8(12)10(6)9/h5-6,9H,3-4H2,1-2H3/t6-,9+/m0/s1. The van der Waals surface area contributed by atoms with Crippen LogP contribution in [0.4, 0.5) is 0 Å². The van der Waals surface area contributed by atoms with Gasteiger partial charge in [0, 0.05) is 18.9 Å². The molecule has 0 aromatic carbocycles. The Balaban J connectivity index is 2.21. The van der Waals surface area contributed by atoms with E-state index in [1.165, 1.54) is 0 Å². The number of hydrogen-bond acceptors (Lipinski definition) is 2. The Morgan fingerprint density at radius 1 is 1.33 bits per heavy atom. The third-order valence-electron chi connectivity index (χ3n) is 2.79. The number of carbonyl (C=O) groups is 2. The Morgan fingerprint density at radius 3 is 2.42 bits per heavy atom. The first kappa shape index (κ1) is 7.77. The fourth-order valence-corrected chi connectivity index (χ4v) is 2.25. The molecular weight excluding hydrogens is 154 g/mol. The molecule has 2 aliphatic heterocycles.